The summed E-state index contributed by atoms with van der Waals surface area (Å²) >= 11 is 0. The maximum atomic E-state index is 12.1. The van der Waals surface area contributed by atoms with Crippen LogP contribution in [0.25, 0.3) is 0 Å². The number of esters is 4. The van der Waals surface area contributed by atoms with Gasteiger partial charge in [-0.3, -0.25) is 9.59 Å². The highest BCUT2D eigenvalue weighted by atomic mass is 16.6. The summed E-state index contributed by atoms with van der Waals surface area (Å²) in [6, 6.07) is -2.29. The number of carbonyl (C=O) groups excluding carboxylic acids is 4. The van der Waals surface area contributed by atoms with Crippen LogP contribution in [0, 0.1) is 0 Å². The van der Waals surface area contributed by atoms with Crippen molar-refractivity contribution in [1.29, 1.82) is 0 Å². The van der Waals surface area contributed by atoms with E-state index in [-0.39, 0.29) is 25.7 Å². The first-order valence-electron chi connectivity index (χ1n) is 17.4. The minimum absolute atomic E-state index is 0.00347. The van der Waals surface area contributed by atoms with Crippen molar-refractivity contribution in [1.82, 2.24) is 0 Å². The molecule has 0 unspecified atom stereocenters. The summed E-state index contributed by atoms with van der Waals surface area (Å²) < 4.78 is 15.2. The fraction of sp³-hybridized carbons (Fsp3) is 0.882. The maximum absolute atomic E-state index is 12.1. The molecule has 0 aromatic carbocycles. The van der Waals surface area contributed by atoms with Gasteiger partial charge in [-0.2, -0.15) is 0 Å². The largest absolute Gasteiger partial charge is 0.466 e. The second kappa shape index (κ2) is 30.0. The molecule has 0 aliphatic rings. The van der Waals surface area contributed by atoms with Crippen LogP contribution in [0.5, 0.6) is 0 Å². The zero-order chi connectivity index (χ0) is 32.0. The van der Waals surface area contributed by atoms with Crippen molar-refractivity contribution in [3.05, 3.63) is 0 Å². The topological polar surface area (TPSA) is 148 Å². The summed E-state index contributed by atoms with van der Waals surface area (Å²) in [5.74, 6) is -2.77. The van der Waals surface area contributed by atoms with Crippen molar-refractivity contribution in [3.63, 3.8) is 0 Å². The van der Waals surface area contributed by atoms with Gasteiger partial charge in [0.2, 0.25) is 0 Å². The molecule has 0 amide bonds. The highest BCUT2D eigenvalue weighted by molar-refractivity contribution is 5.91. The second-order valence-corrected chi connectivity index (χ2v) is 11.8. The first-order chi connectivity index (χ1) is 20.8. The van der Waals surface area contributed by atoms with Crippen molar-refractivity contribution >= 4 is 23.9 Å². The fourth-order valence-electron chi connectivity index (χ4n) is 4.73. The third-order valence-electron chi connectivity index (χ3n) is 7.65. The van der Waals surface area contributed by atoms with Crippen molar-refractivity contribution < 1.29 is 33.4 Å². The molecule has 0 rings (SSSR count). The molecule has 0 aliphatic carbocycles. The van der Waals surface area contributed by atoms with E-state index in [2.05, 4.69) is 13.8 Å². The van der Waals surface area contributed by atoms with Crippen LogP contribution in [-0.4, -0.2) is 49.2 Å². The molecule has 0 saturated heterocycles. The average molecular weight is 613 g/mol. The lowest BCUT2D eigenvalue weighted by atomic mass is 10.1. The third-order valence-corrected chi connectivity index (χ3v) is 7.65. The SMILES string of the molecule is CCCCCCCCCCCCOC(=O)CC[C@H](N)C(=O)OC(=O)[C@@H](N)CCC(=O)OCCCCCCCCCCCC. The third kappa shape index (κ3) is 27.3. The van der Waals surface area contributed by atoms with Crippen LogP contribution in [0.15, 0.2) is 0 Å². The molecule has 9 nitrogen and oxygen atoms in total. The summed E-state index contributed by atoms with van der Waals surface area (Å²) in [5, 5.41) is 0. The van der Waals surface area contributed by atoms with Crippen molar-refractivity contribution in [2.24, 2.45) is 11.5 Å². The van der Waals surface area contributed by atoms with Gasteiger partial charge < -0.3 is 25.7 Å². The lowest BCUT2D eigenvalue weighted by Crippen LogP contribution is -2.40. The minimum Gasteiger partial charge on any atom is -0.466 e. The highest BCUT2D eigenvalue weighted by Gasteiger charge is 2.24. The van der Waals surface area contributed by atoms with Crippen LogP contribution in [0.1, 0.15) is 168 Å². The maximum Gasteiger partial charge on any atom is 0.330 e. The quantitative estimate of drug-likeness (QED) is 0.0372. The van der Waals surface area contributed by atoms with Gasteiger partial charge in [0.15, 0.2) is 0 Å². The Morgan fingerprint density at radius 1 is 0.465 bits per heavy atom. The smallest absolute Gasteiger partial charge is 0.330 e. The number of carbonyl (C=O) groups is 4. The van der Waals surface area contributed by atoms with Gasteiger partial charge in [0, 0.05) is 12.8 Å². The molecule has 0 aromatic rings. The summed E-state index contributed by atoms with van der Waals surface area (Å²) in [6.45, 7) is 5.15. The molecule has 252 valence electrons. The van der Waals surface area contributed by atoms with E-state index in [9.17, 15) is 19.2 Å². The molecule has 43 heavy (non-hydrogen) atoms. The van der Waals surface area contributed by atoms with Gasteiger partial charge >= 0.3 is 23.9 Å². The summed E-state index contributed by atoms with van der Waals surface area (Å²) in [7, 11) is 0. The lowest BCUT2D eigenvalue weighted by molar-refractivity contribution is -0.161. The monoisotopic (exact) mass is 612 g/mol. The van der Waals surface area contributed by atoms with Crippen LogP contribution in [0.2, 0.25) is 0 Å². The molecule has 0 fully saturated rings. The standard InChI is InChI=1S/C34H64N2O7/c1-3-5-7-9-11-13-15-17-19-21-27-41-31(37)25-23-29(35)33(39)43-34(40)30(36)24-26-32(38)42-28-22-20-18-16-14-12-10-8-6-4-2/h29-30H,3-28,35-36H2,1-2H3/t29-,30-/m0/s1. The summed E-state index contributed by atoms with van der Waals surface area (Å²) in [4.78, 5) is 48.1. The highest BCUT2D eigenvalue weighted by Crippen LogP contribution is 2.12. The number of hydrogen-bond acceptors (Lipinski definition) is 9. The number of rotatable bonds is 30. The van der Waals surface area contributed by atoms with Crippen LogP contribution in [0.3, 0.4) is 0 Å². The molecule has 0 heterocycles. The van der Waals surface area contributed by atoms with E-state index in [1.807, 2.05) is 0 Å². The molecule has 2 atom stereocenters. The van der Waals surface area contributed by atoms with Gasteiger partial charge in [0.25, 0.3) is 0 Å². The number of nitrogens with two attached hydrogens (primary N) is 2. The molecule has 0 radical (unpaired) electrons. The predicted octanol–water partition coefficient (Wildman–Crippen LogP) is 7.20. The predicted molar refractivity (Wildman–Crippen MR) is 171 cm³/mol. The van der Waals surface area contributed by atoms with Crippen LogP contribution < -0.4 is 11.5 Å². The minimum atomic E-state index is -1.15. The fourth-order valence-corrected chi connectivity index (χ4v) is 4.73. The Morgan fingerprint density at radius 3 is 1.05 bits per heavy atom. The zero-order valence-corrected chi connectivity index (χ0v) is 27.6. The van der Waals surface area contributed by atoms with Crippen LogP contribution in [-0.2, 0) is 33.4 Å². The van der Waals surface area contributed by atoms with E-state index in [0.717, 1.165) is 38.5 Å². The Hall–Kier alpha value is -2.00. The number of ether oxygens (including phenoxy) is 3. The zero-order valence-electron chi connectivity index (χ0n) is 27.6. The van der Waals surface area contributed by atoms with E-state index < -0.39 is 36.0 Å². The summed E-state index contributed by atoms with van der Waals surface area (Å²) in [6.07, 6.45) is 23.9. The van der Waals surface area contributed by atoms with Gasteiger partial charge in [-0.15, -0.1) is 0 Å². The normalized spacial score (nSPS) is 12.5. The molecule has 0 saturated carbocycles. The Bertz CT molecular complexity index is 659. The van der Waals surface area contributed by atoms with Crippen LogP contribution >= 0.6 is 0 Å². The Labute approximate surface area is 261 Å². The summed E-state index contributed by atoms with van der Waals surface area (Å²) in [5.41, 5.74) is 11.6. The van der Waals surface area contributed by atoms with E-state index in [1.54, 1.807) is 0 Å². The van der Waals surface area contributed by atoms with Crippen molar-refractivity contribution in [3.8, 4) is 0 Å². The van der Waals surface area contributed by atoms with Gasteiger partial charge in [-0.25, -0.2) is 9.59 Å². The lowest BCUT2D eigenvalue weighted by Gasteiger charge is -2.13. The molecule has 0 spiro atoms. The molecule has 0 bridgehead atoms. The van der Waals surface area contributed by atoms with Gasteiger partial charge in [0.1, 0.15) is 12.1 Å². The Morgan fingerprint density at radius 2 is 0.744 bits per heavy atom. The van der Waals surface area contributed by atoms with Crippen molar-refractivity contribution in [2.75, 3.05) is 13.2 Å². The Kier molecular flexibility index (Phi) is 28.6. The second-order valence-electron chi connectivity index (χ2n) is 11.8. The van der Waals surface area contributed by atoms with Gasteiger partial charge in [-0.05, 0) is 25.7 Å². The first kappa shape index (κ1) is 41.0. The van der Waals surface area contributed by atoms with E-state index in [0.29, 0.717) is 13.2 Å². The molecular weight excluding hydrogens is 548 g/mol. The molecule has 0 aliphatic heterocycles. The van der Waals surface area contributed by atoms with Gasteiger partial charge in [0.05, 0.1) is 13.2 Å². The van der Waals surface area contributed by atoms with Crippen LogP contribution in [0.4, 0.5) is 0 Å². The molecule has 9 heteroatoms. The molecule has 0 aromatic heterocycles. The first-order valence-corrected chi connectivity index (χ1v) is 17.4. The van der Waals surface area contributed by atoms with E-state index in [4.69, 9.17) is 25.7 Å². The average Bonchev–Trinajstić information content (AvgIpc) is 2.99. The Balaban J connectivity index is 3.79. The van der Waals surface area contributed by atoms with E-state index in [1.165, 1.54) is 89.9 Å². The number of unbranched alkanes of at least 4 members (excludes halogenated alkanes) is 18. The molecular formula is C34H64N2O7. The van der Waals surface area contributed by atoms with E-state index >= 15 is 0 Å². The molecule has 4 N–H and O–H groups in total. The number of hydrogen-bond donors (Lipinski definition) is 2. The van der Waals surface area contributed by atoms with Crippen molar-refractivity contribution in [2.45, 2.75) is 180 Å². The van der Waals surface area contributed by atoms with Gasteiger partial charge in [-0.1, -0.05) is 129 Å².